The van der Waals surface area contributed by atoms with Crippen molar-refractivity contribution in [2.24, 2.45) is 23.2 Å². The minimum absolute atomic E-state index is 0.0684. The van der Waals surface area contributed by atoms with Gasteiger partial charge >= 0.3 is 0 Å². The SMILES string of the molecule is CC(C)[C@H]1CC[C@@H](C)[C@@]2(C[C@@H]2c2ccc(Cl)cc2)C1=O. The van der Waals surface area contributed by atoms with Crippen molar-refractivity contribution < 1.29 is 4.79 Å². The number of Topliss-reactive ketones (excluding diaryl/α,β-unsaturated/α-hetero) is 1. The number of halogens is 1. The van der Waals surface area contributed by atoms with Crippen molar-refractivity contribution >= 4 is 17.4 Å². The standard InChI is InChI=1S/C18H23ClO/c1-11(2)15-9-4-12(3)18(17(15)20)10-16(18)13-5-7-14(19)8-6-13/h5-8,11-12,15-16H,4,9-10H2,1-3H3/t12-,15-,16-,18-/m1/s1. The third-order valence-corrected chi connectivity index (χ3v) is 5.92. The van der Waals surface area contributed by atoms with Gasteiger partial charge < -0.3 is 0 Å². The lowest BCUT2D eigenvalue weighted by atomic mass is 9.66. The van der Waals surface area contributed by atoms with E-state index in [9.17, 15) is 4.79 Å². The fourth-order valence-electron chi connectivity index (χ4n) is 4.25. The van der Waals surface area contributed by atoms with E-state index >= 15 is 0 Å². The minimum atomic E-state index is -0.0684. The van der Waals surface area contributed by atoms with Crippen LogP contribution >= 0.6 is 11.6 Å². The average molecular weight is 291 g/mol. The van der Waals surface area contributed by atoms with E-state index in [0.717, 1.165) is 17.9 Å². The van der Waals surface area contributed by atoms with Crippen molar-refractivity contribution in [3.8, 4) is 0 Å². The van der Waals surface area contributed by atoms with E-state index in [4.69, 9.17) is 11.6 Å². The molecule has 2 heteroatoms. The second-order valence-electron chi connectivity index (χ2n) is 7.04. The zero-order valence-electron chi connectivity index (χ0n) is 12.5. The molecule has 0 bridgehead atoms. The van der Waals surface area contributed by atoms with Gasteiger partial charge in [0.05, 0.1) is 0 Å². The summed E-state index contributed by atoms with van der Waals surface area (Å²) in [4.78, 5) is 13.0. The van der Waals surface area contributed by atoms with Crippen LogP contribution in [0.1, 0.15) is 51.5 Å². The highest BCUT2D eigenvalue weighted by Gasteiger charge is 2.65. The molecule has 0 aromatic heterocycles. The fourth-order valence-corrected chi connectivity index (χ4v) is 4.37. The Bertz CT molecular complexity index is 519. The molecule has 2 fully saturated rings. The molecule has 1 aromatic rings. The molecule has 3 rings (SSSR count). The maximum absolute atomic E-state index is 13.0. The van der Waals surface area contributed by atoms with E-state index in [1.165, 1.54) is 12.0 Å². The quantitative estimate of drug-likeness (QED) is 0.742. The summed E-state index contributed by atoms with van der Waals surface area (Å²) < 4.78 is 0. The molecular formula is C18H23ClO. The molecule has 1 spiro atoms. The van der Waals surface area contributed by atoms with E-state index in [-0.39, 0.29) is 11.3 Å². The summed E-state index contributed by atoms with van der Waals surface area (Å²) in [5.74, 6) is 2.21. The van der Waals surface area contributed by atoms with Gasteiger partial charge in [0.25, 0.3) is 0 Å². The summed E-state index contributed by atoms with van der Waals surface area (Å²) in [6.07, 6.45) is 3.31. The van der Waals surface area contributed by atoms with E-state index in [2.05, 4.69) is 32.9 Å². The highest BCUT2D eigenvalue weighted by atomic mass is 35.5. The Kier molecular flexibility index (Phi) is 3.44. The first-order chi connectivity index (χ1) is 9.46. The van der Waals surface area contributed by atoms with Crippen LogP contribution < -0.4 is 0 Å². The van der Waals surface area contributed by atoms with Crippen molar-refractivity contribution in [2.75, 3.05) is 0 Å². The molecule has 1 aromatic carbocycles. The lowest BCUT2D eigenvalue weighted by Gasteiger charge is -2.36. The van der Waals surface area contributed by atoms with Gasteiger partial charge in [-0.15, -0.1) is 0 Å². The Morgan fingerprint density at radius 2 is 1.85 bits per heavy atom. The van der Waals surface area contributed by atoms with Crippen molar-refractivity contribution in [1.29, 1.82) is 0 Å². The molecular weight excluding hydrogens is 268 g/mol. The van der Waals surface area contributed by atoms with E-state index < -0.39 is 0 Å². The number of hydrogen-bond donors (Lipinski definition) is 0. The van der Waals surface area contributed by atoms with Gasteiger partial charge in [0.15, 0.2) is 0 Å². The highest BCUT2D eigenvalue weighted by Crippen LogP contribution is 2.68. The van der Waals surface area contributed by atoms with Crippen LogP contribution in [-0.2, 0) is 4.79 Å². The summed E-state index contributed by atoms with van der Waals surface area (Å²) in [6.45, 7) is 6.64. The van der Waals surface area contributed by atoms with Crippen molar-refractivity contribution in [3.05, 3.63) is 34.9 Å². The lowest BCUT2D eigenvalue weighted by molar-refractivity contribution is -0.135. The molecule has 20 heavy (non-hydrogen) atoms. The van der Waals surface area contributed by atoms with Gasteiger partial charge in [0, 0.05) is 16.4 Å². The molecule has 4 atom stereocenters. The van der Waals surface area contributed by atoms with Crippen LogP contribution in [0.3, 0.4) is 0 Å². The largest absolute Gasteiger partial charge is 0.299 e. The van der Waals surface area contributed by atoms with Crippen LogP contribution in [0.4, 0.5) is 0 Å². The molecule has 0 aliphatic heterocycles. The zero-order valence-corrected chi connectivity index (χ0v) is 13.3. The first kappa shape index (κ1) is 14.1. The van der Waals surface area contributed by atoms with Crippen LogP contribution in [0.15, 0.2) is 24.3 Å². The third kappa shape index (κ3) is 2.02. The van der Waals surface area contributed by atoms with Crippen molar-refractivity contribution in [3.63, 3.8) is 0 Å². The van der Waals surface area contributed by atoms with E-state index in [0.29, 0.717) is 23.5 Å². The first-order valence-corrected chi connectivity index (χ1v) is 8.14. The Morgan fingerprint density at radius 3 is 2.45 bits per heavy atom. The number of ketones is 1. The maximum Gasteiger partial charge on any atom is 0.143 e. The van der Waals surface area contributed by atoms with Crippen LogP contribution in [0, 0.1) is 23.2 Å². The zero-order chi connectivity index (χ0) is 14.5. The van der Waals surface area contributed by atoms with Crippen LogP contribution in [0.2, 0.25) is 5.02 Å². The number of hydrogen-bond acceptors (Lipinski definition) is 1. The number of rotatable bonds is 2. The molecule has 0 heterocycles. The Hall–Kier alpha value is -0.820. The Morgan fingerprint density at radius 1 is 1.20 bits per heavy atom. The van der Waals surface area contributed by atoms with Gasteiger partial charge in [-0.1, -0.05) is 44.5 Å². The van der Waals surface area contributed by atoms with Gasteiger partial charge in [0.1, 0.15) is 5.78 Å². The summed E-state index contributed by atoms with van der Waals surface area (Å²) in [5.41, 5.74) is 1.22. The van der Waals surface area contributed by atoms with Crippen LogP contribution in [-0.4, -0.2) is 5.78 Å². The highest BCUT2D eigenvalue weighted by molar-refractivity contribution is 6.30. The van der Waals surface area contributed by atoms with Gasteiger partial charge in [-0.25, -0.2) is 0 Å². The predicted molar refractivity (Wildman–Crippen MR) is 83.0 cm³/mol. The molecule has 108 valence electrons. The molecule has 2 aliphatic carbocycles. The van der Waals surface area contributed by atoms with Gasteiger partial charge in [-0.05, 0) is 54.7 Å². The lowest BCUT2D eigenvalue weighted by Crippen LogP contribution is -2.39. The summed E-state index contributed by atoms with van der Waals surface area (Å²) in [7, 11) is 0. The Balaban J connectivity index is 1.88. The van der Waals surface area contributed by atoms with Crippen molar-refractivity contribution in [1.82, 2.24) is 0 Å². The molecule has 0 radical (unpaired) electrons. The molecule has 0 saturated heterocycles. The molecule has 0 unspecified atom stereocenters. The number of carbonyl (C=O) groups excluding carboxylic acids is 1. The predicted octanol–water partition coefficient (Wildman–Crippen LogP) is 5.08. The van der Waals surface area contributed by atoms with Crippen LogP contribution in [0.25, 0.3) is 0 Å². The number of benzene rings is 1. The minimum Gasteiger partial charge on any atom is -0.299 e. The van der Waals surface area contributed by atoms with Gasteiger partial charge in [-0.3, -0.25) is 4.79 Å². The van der Waals surface area contributed by atoms with Gasteiger partial charge in [-0.2, -0.15) is 0 Å². The number of carbonyl (C=O) groups is 1. The second kappa shape index (κ2) is 4.87. The monoisotopic (exact) mass is 290 g/mol. The molecule has 1 nitrogen and oxygen atoms in total. The fraction of sp³-hybridized carbons (Fsp3) is 0.611. The summed E-state index contributed by atoms with van der Waals surface area (Å²) >= 11 is 5.97. The van der Waals surface area contributed by atoms with Crippen LogP contribution in [0.5, 0.6) is 0 Å². The normalized spacial score (nSPS) is 36.6. The smallest absolute Gasteiger partial charge is 0.143 e. The maximum atomic E-state index is 13.0. The molecule has 0 amide bonds. The molecule has 2 saturated carbocycles. The molecule has 2 aliphatic rings. The average Bonchev–Trinajstić information content (AvgIpc) is 3.14. The summed E-state index contributed by atoms with van der Waals surface area (Å²) in [5, 5.41) is 0.770. The summed E-state index contributed by atoms with van der Waals surface area (Å²) in [6, 6.07) is 8.09. The Labute approximate surface area is 126 Å². The van der Waals surface area contributed by atoms with Gasteiger partial charge in [0.2, 0.25) is 0 Å². The second-order valence-corrected chi connectivity index (χ2v) is 7.48. The van der Waals surface area contributed by atoms with E-state index in [1.807, 2.05) is 12.1 Å². The third-order valence-electron chi connectivity index (χ3n) is 5.67. The topological polar surface area (TPSA) is 17.1 Å². The van der Waals surface area contributed by atoms with Crippen molar-refractivity contribution in [2.45, 2.75) is 46.0 Å². The first-order valence-electron chi connectivity index (χ1n) is 7.76. The molecule has 0 N–H and O–H groups in total. The van der Waals surface area contributed by atoms with E-state index in [1.54, 1.807) is 0 Å².